The summed E-state index contributed by atoms with van der Waals surface area (Å²) in [6, 6.07) is -0.0529. The number of hydrogen-bond donors (Lipinski definition) is 1. The van der Waals surface area contributed by atoms with Crippen LogP contribution in [0.3, 0.4) is 0 Å². The zero-order valence-electron chi connectivity index (χ0n) is 11.1. The van der Waals surface area contributed by atoms with E-state index in [1.54, 1.807) is 0 Å². The summed E-state index contributed by atoms with van der Waals surface area (Å²) in [7, 11) is 0. The molecular formula is C12H19F3N2O3. The first kappa shape index (κ1) is 15.5. The molecule has 0 saturated carbocycles. The van der Waals surface area contributed by atoms with Crippen molar-refractivity contribution in [2.24, 2.45) is 0 Å². The number of piperidine rings is 1. The Labute approximate surface area is 115 Å². The van der Waals surface area contributed by atoms with E-state index in [1.165, 1.54) is 0 Å². The van der Waals surface area contributed by atoms with Crippen LogP contribution in [-0.4, -0.2) is 62.2 Å². The Hall–Kier alpha value is -0.860. The number of nitrogens with one attached hydrogen (secondary N) is 1. The fourth-order valence-corrected chi connectivity index (χ4v) is 2.56. The molecule has 1 amide bonds. The highest BCUT2D eigenvalue weighted by molar-refractivity contribution is 5.78. The molecule has 0 aromatic carbocycles. The van der Waals surface area contributed by atoms with Gasteiger partial charge in [-0.1, -0.05) is 6.42 Å². The SMILES string of the molecule is O=C(CN1CCCCC1C1OCCO1)NCC(F)(F)F. The van der Waals surface area contributed by atoms with Crippen LogP contribution in [0.5, 0.6) is 0 Å². The standard InChI is InChI=1S/C12H19F3N2O3/c13-12(14,15)8-16-10(18)7-17-4-2-1-3-9(17)11-19-5-6-20-11/h9,11H,1-8H2,(H,16,18). The van der Waals surface area contributed by atoms with Crippen molar-refractivity contribution < 1.29 is 27.4 Å². The number of hydrogen-bond acceptors (Lipinski definition) is 4. The van der Waals surface area contributed by atoms with E-state index in [2.05, 4.69) is 0 Å². The van der Waals surface area contributed by atoms with Gasteiger partial charge in [-0.15, -0.1) is 0 Å². The van der Waals surface area contributed by atoms with Crippen molar-refractivity contribution in [3.63, 3.8) is 0 Å². The van der Waals surface area contributed by atoms with E-state index in [0.29, 0.717) is 19.8 Å². The molecule has 116 valence electrons. The molecule has 8 heteroatoms. The van der Waals surface area contributed by atoms with E-state index in [0.717, 1.165) is 19.3 Å². The van der Waals surface area contributed by atoms with Gasteiger partial charge in [0.1, 0.15) is 6.54 Å². The summed E-state index contributed by atoms with van der Waals surface area (Å²) < 4.78 is 47.0. The molecule has 2 aliphatic rings. The van der Waals surface area contributed by atoms with Gasteiger partial charge in [-0.25, -0.2) is 0 Å². The third-order valence-corrected chi connectivity index (χ3v) is 3.46. The number of halogens is 3. The minimum absolute atomic E-state index is 0.0516. The van der Waals surface area contributed by atoms with Gasteiger partial charge in [-0.3, -0.25) is 9.69 Å². The third-order valence-electron chi connectivity index (χ3n) is 3.46. The fourth-order valence-electron chi connectivity index (χ4n) is 2.56. The zero-order chi connectivity index (χ0) is 14.6. The highest BCUT2D eigenvalue weighted by atomic mass is 19.4. The molecule has 2 rings (SSSR count). The molecule has 0 radical (unpaired) electrons. The maximum absolute atomic E-state index is 12.0. The van der Waals surface area contributed by atoms with Crippen molar-refractivity contribution in [1.29, 1.82) is 0 Å². The zero-order valence-corrected chi connectivity index (χ0v) is 11.1. The number of nitrogens with zero attached hydrogens (tertiary/aromatic N) is 1. The van der Waals surface area contributed by atoms with Crippen LogP contribution in [0.2, 0.25) is 0 Å². The predicted molar refractivity (Wildman–Crippen MR) is 64.0 cm³/mol. The fraction of sp³-hybridized carbons (Fsp3) is 0.917. The molecule has 0 aromatic heterocycles. The topological polar surface area (TPSA) is 50.8 Å². The van der Waals surface area contributed by atoms with E-state index in [4.69, 9.17) is 9.47 Å². The quantitative estimate of drug-likeness (QED) is 0.837. The van der Waals surface area contributed by atoms with Crippen molar-refractivity contribution in [1.82, 2.24) is 10.2 Å². The van der Waals surface area contributed by atoms with Crippen LogP contribution in [0.4, 0.5) is 13.2 Å². The summed E-state index contributed by atoms with van der Waals surface area (Å²) in [5.74, 6) is -0.618. The van der Waals surface area contributed by atoms with Gasteiger partial charge in [0, 0.05) is 0 Å². The van der Waals surface area contributed by atoms with Gasteiger partial charge < -0.3 is 14.8 Å². The van der Waals surface area contributed by atoms with E-state index in [-0.39, 0.29) is 18.9 Å². The molecule has 0 aliphatic carbocycles. The minimum atomic E-state index is -4.38. The van der Waals surface area contributed by atoms with Gasteiger partial charge in [0.25, 0.3) is 0 Å². The molecular weight excluding hydrogens is 277 g/mol. The van der Waals surface area contributed by atoms with E-state index in [1.807, 2.05) is 10.2 Å². The monoisotopic (exact) mass is 296 g/mol. The van der Waals surface area contributed by atoms with E-state index in [9.17, 15) is 18.0 Å². The molecule has 5 nitrogen and oxygen atoms in total. The summed E-state index contributed by atoms with van der Waals surface area (Å²) in [6.07, 6.45) is -1.98. The molecule has 2 fully saturated rings. The Morgan fingerprint density at radius 1 is 1.25 bits per heavy atom. The second-order valence-electron chi connectivity index (χ2n) is 5.04. The summed E-state index contributed by atoms with van der Waals surface area (Å²) in [6.45, 7) is 0.378. The molecule has 2 aliphatic heterocycles. The lowest BCUT2D eigenvalue weighted by atomic mass is 10.0. The van der Waals surface area contributed by atoms with Gasteiger partial charge in [0.15, 0.2) is 6.29 Å². The number of amides is 1. The second kappa shape index (κ2) is 6.73. The molecule has 0 bridgehead atoms. The minimum Gasteiger partial charge on any atom is -0.349 e. The Morgan fingerprint density at radius 2 is 1.95 bits per heavy atom. The van der Waals surface area contributed by atoms with E-state index < -0.39 is 18.6 Å². The molecule has 2 saturated heterocycles. The maximum atomic E-state index is 12.0. The number of rotatable bonds is 4. The number of carbonyl (C=O) groups is 1. The normalized spacial score (nSPS) is 25.9. The number of likely N-dealkylation sites (tertiary alicyclic amines) is 1. The van der Waals surface area contributed by atoms with Gasteiger partial charge in [0.2, 0.25) is 5.91 Å². The summed E-state index contributed by atoms with van der Waals surface area (Å²) in [5.41, 5.74) is 0. The van der Waals surface area contributed by atoms with Gasteiger partial charge in [-0.05, 0) is 19.4 Å². The van der Waals surface area contributed by atoms with Crippen LogP contribution >= 0.6 is 0 Å². The van der Waals surface area contributed by atoms with Gasteiger partial charge in [-0.2, -0.15) is 13.2 Å². The largest absolute Gasteiger partial charge is 0.405 e. The van der Waals surface area contributed by atoms with Crippen LogP contribution in [-0.2, 0) is 14.3 Å². The van der Waals surface area contributed by atoms with Crippen LogP contribution in [0.15, 0.2) is 0 Å². The Balaban J connectivity index is 1.83. The van der Waals surface area contributed by atoms with Crippen molar-refractivity contribution in [3.05, 3.63) is 0 Å². The smallest absolute Gasteiger partial charge is 0.349 e. The molecule has 1 N–H and O–H groups in total. The van der Waals surface area contributed by atoms with Gasteiger partial charge >= 0.3 is 6.18 Å². The molecule has 20 heavy (non-hydrogen) atoms. The van der Waals surface area contributed by atoms with Crippen molar-refractivity contribution in [2.75, 3.05) is 32.8 Å². The van der Waals surface area contributed by atoms with Crippen LogP contribution in [0, 0.1) is 0 Å². The molecule has 0 spiro atoms. The Morgan fingerprint density at radius 3 is 2.60 bits per heavy atom. The van der Waals surface area contributed by atoms with Gasteiger partial charge in [0.05, 0.1) is 25.8 Å². The third kappa shape index (κ3) is 4.60. The first-order valence-electron chi connectivity index (χ1n) is 6.76. The van der Waals surface area contributed by atoms with Crippen LogP contribution in [0.25, 0.3) is 0 Å². The number of alkyl halides is 3. The lowest BCUT2D eigenvalue weighted by molar-refractivity contribution is -0.143. The summed E-state index contributed by atoms with van der Waals surface area (Å²) in [4.78, 5) is 13.4. The number of carbonyl (C=O) groups excluding carboxylic acids is 1. The van der Waals surface area contributed by atoms with Crippen LogP contribution in [0.1, 0.15) is 19.3 Å². The number of ether oxygens (including phenoxy) is 2. The summed E-state index contributed by atoms with van der Waals surface area (Å²) in [5, 5.41) is 1.89. The van der Waals surface area contributed by atoms with Crippen molar-refractivity contribution >= 4 is 5.91 Å². The van der Waals surface area contributed by atoms with Crippen molar-refractivity contribution in [3.8, 4) is 0 Å². The lowest BCUT2D eigenvalue weighted by Gasteiger charge is -2.37. The summed E-state index contributed by atoms with van der Waals surface area (Å²) >= 11 is 0. The first-order valence-corrected chi connectivity index (χ1v) is 6.76. The second-order valence-corrected chi connectivity index (χ2v) is 5.04. The van der Waals surface area contributed by atoms with Crippen molar-refractivity contribution in [2.45, 2.75) is 37.8 Å². The average Bonchev–Trinajstić information content (AvgIpc) is 2.90. The predicted octanol–water partition coefficient (Wildman–Crippen LogP) is 0.892. The average molecular weight is 296 g/mol. The highest BCUT2D eigenvalue weighted by Gasteiger charge is 2.35. The highest BCUT2D eigenvalue weighted by Crippen LogP contribution is 2.24. The molecule has 0 aromatic rings. The lowest BCUT2D eigenvalue weighted by Crippen LogP contribution is -2.51. The Bertz CT molecular complexity index is 332. The van der Waals surface area contributed by atoms with E-state index >= 15 is 0 Å². The first-order chi connectivity index (χ1) is 9.46. The Kier molecular flexibility index (Phi) is 5.22. The maximum Gasteiger partial charge on any atom is 0.405 e. The van der Waals surface area contributed by atoms with Crippen LogP contribution < -0.4 is 5.32 Å². The molecule has 1 unspecified atom stereocenters. The molecule has 2 heterocycles. The molecule has 1 atom stereocenters.